The lowest BCUT2D eigenvalue weighted by molar-refractivity contribution is 0.0699. The molecule has 1 aromatic carbocycles. The smallest absolute Gasteiger partial charge is 0.407 e. The molecule has 2 aliphatic rings. The average molecular weight is 459 g/mol. The highest BCUT2D eigenvalue weighted by atomic mass is 35.5. The van der Waals surface area contributed by atoms with E-state index in [4.69, 9.17) is 16.3 Å². The van der Waals surface area contributed by atoms with E-state index in [0.717, 1.165) is 51.0 Å². The van der Waals surface area contributed by atoms with Gasteiger partial charge in [0.25, 0.3) is 5.69 Å². The number of piperidine rings is 1. The number of nitrogens with one attached hydrogen (secondary N) is 1. The second-order valence-electron chi connectivity index (χ2n) is 8.25. The summed E-state index contributed by atoms with van der Waals surface area (Å²) in [6.45, 7) is 3.14. The normalized spacial score (nSPS) is 18.4. The van der Waals surface area contributed by atoms with Crippen molar-refractivity contribution in [1.29, 1.82) is 0 Å². The lowest BCUT2D eigenvalue weighted by Crippen LogP contribution is -2.35. The largest absolute Gasteiger partial charge is 0.465 e. The van der Waals surface area contributed by atoms with Crippen LogP contribution in [-0.4, -0.2) is 53.9 Å². The van der Waals surface area contributed by atoms with Crippen LogP contribution in [0.3, 0.4) is 0 Å². The van der Waals surface area contributed by atoms with Gasteiger partial charge in [-0.3, -0.25) is 0 Å². The van der Waals surface area contributed by atoms with E-state index in [1.54, 1.807) is 6.07 Å². The number of halogens is 2. The molecule has 6 nitrogen and oxygen atoms in total. The lowest BCUT2D eigenvalue weighted by Gasteiger charge is -2.23. The van der Waals surface area contributed by atoms with E-state index in [1.807, 2.05) is 6.07 Å². The first kappa shape index (κ1) is 22.5. The number of hydrogen-bond acceptors (Lipinski definition) is 4. The van der Waals surface area contributed by atoms with Crippen LogP contribution in [0.2, 0.25) is 5.02 Å². The van der Waals surface area contributed by atoms with Gasteiger partial charge in [0.2, 0.25) is 0 Å². The number of carbonyl (C=O) groups is 1. The molecule has 2 fully saturated rings. The van der Waals surface area contributed by atoms with Gasteiger partial charge in [-0.25, -0.2) is 14.2 Å². The van der Waals surface area contributed by atoms with Crippen molar-refractivity contribution >= 4 is 23.4 Å². The number of amides is 1. The van der Waals surface area contributed by atoms with Crippen molar-refractivity contribution in [3.63, 3.8) is 0 Å². The van der Waals surface area contributed by atoms with Crippen LogP contribution in [0.5, 0.6) is 0 Å². The quantitative estimate of drug-likeness (QED) is 0.600. The van der Waals surface area contributed by atoms with Gasteiger partial charge >= 0.3 is 6.09 Å². The maximum atomic E-state index is 14.4. The fourth-order valence-electron chi connectivity index (χ4n) is 4.11. The Bertz CT molecular complexity index is 1010. The number of likely N-dealkylation sites (tertiary alicyclic amines) is 1. The summed E-state index contributed by atoms with van der Waals surface area (Å²) in [7, 11) is 0. The van der Waals surface area contributed by atoms with Crippen LogP contribution in [-0.2, 0) is 4.74 Å². The first-order valence-corrected chi connectivity index (χ1v) is 11.2. The maximum absolute atomic E-state index is 14.4. The van der Waals surface area contributed by atoms with E-state index in [2.05, 4.69) is 16.4 Å². The molecular formula is C24H26ClFN3O3+. The number of rotatable bonds is 5. The standard InChI is InChI=1S/C24H25ClFN3O3/c25-23-14-28-20(8-17-2-1-5-29(15-17)24(30)31)12-22(23)18-9-19(26)11-21(10-18)27-13-16-3-6-32-7-4-16/h9-12,14,16,27H,1-7,13,15H2/p+1. The lowest BCUT2D eigenvalue weighted by atomic mass is 9.99. The van der Waals surface area contributed by atoms with Crippen LogP contribution in [0.15, 0.2) is 36.0 Å². The predicted octanol–water partition coefficient (Wildman–Crippen LogP) is 5.23. The third-order valence-electron chi connectivity index (χ3n) is 5.86. The second kappa shape index (κ2) is 10.3. The van der Waals surface area contributed by atoms with Crippen LogP contribution in [0.4, 0.5) is 14.9 Å². The fraction of sp³-hybridized carbons (Fsp3) is 0.417. The molecule has 1 aromatic heterocycles. The van der Waals surface area contributed by atoms with E-state index >= 15 is 0 Å². The van der Waals surface area contributed by atoms with E-state index in [-0.39, 0.29) is 5.82 Å². The van der Waals surface area contributed by atoms with Gasteiger partial charge in [0.05, 0.1) is 28.9 Å². The molecule has 8 heteroatoms. The van der Waals surface area contributed by atoms with Crippen molar-refractivity contribution in [2.75, 3.05) is 38.2 Å². The molecule has 0 aliphatic carbocycles. The molecule has 0 spiro atoms. The van der Waals surface area contributed by atoms with Crippen LogP contribution in [0, 0.1) is 17.8 Å². The minimum absolute atomic E-state index is 0.315. The molecule has 2 N–H and O–H groups in total. The van der Waals surface area contributed by atoms with Gasteiger partial charge in [-0.2, -0.15) is 0 Å². The molecule has 0 bridgehead atoms. The SMILES string of the molecule is O=C(O)N1CCCC(=[C+]c2cc(-c3cc(F)cc(NCC4CCOCC4)c3)c(Cl)cn2)C1. The second-order valence-corrected chi connectivity index (χ2v) is 8.66. The third kappa shape index (κ3) is 5.74. The summed E-state index contributed by atoms with van der Waals surface area (Å²) in [5.74, 6) is 0.159. The van der Waals surface area contributed by atoms with Crippen LogP contribution in [0.25, 0.3) is 11.1 Å². The molecule has 2 aromatic rings. The molecule has 0 unspecified atom stereocenters. The summed E-state index contributed by atoms with van der Waals surface area (Å²) < 4.78 is 19.8. The zero-order valence-corrected chi connectivity index (χ0v) is 18.5. The summed E-state index contributed by atoms with van der Waals surface area (Å²) >= 11 is 6.40. The van der Waals surface area contributed by atoms with Gasteiger partial charge < -0.3 is 20.1 Å². The molecule has 32 heavy (non-hydrogen) atoms. The van der Waals surface area contributed by atoms with Gasteiger partial charge in [0, 0.05) is 37.6 Å². The number of nitrogens with zero attached hydrogens (tertiary/aromatic N) is 2. The van der Waals surface area contributed by atoms with Gasteiger partial charge in [0.1, 0.15) is 18.0 Å². The molecule has 168 valence electrons. The number of benzene rings is 1. The van der Waals surface area contributed by atoms with Gasteiger partial charge in [-0.1, -0.05) is 11.6 Å². The first-order chi connectivity index (χ1) is 15.5. The highest BCUT2D eigenvalue weighted by Crippen LogP contribution is 2.31. The molecule has 0 atom stereocenters. The monoisotopic (exact) mass is 458 g/mol. The summed E-state index contributed by atoms with van der Waals surface area (Å²) in [6.07, 6.45) is 7.33. The fourth-order valence-corrected chi connectivity index (χ4v) is 4.32. The molecule has 3 heterocycles. The summed E-state index contributed by atoms with van der Waals surface area (Å²) in [4.78, 5) is 16.9. The summed E-state index contributed by atoms with van der Waals surface area (Å²) in [5, 5.41) is 13.0. The Hall–Kier alpha value is -2.73. The highest BCUT2D eigenvalue weighted by molar-refractivity contribution is 6.33. The van der Waals surface area contributed by atoms with Crippen LogP contribution in [0.1, 0.15) is 31.4 Å². The minimum Gasteiger partial charge on any atom is -0.465 e. The topological polar surface area (TPSA) is 74.7 Å². The molecule has 2 aliphatic heterocycles. The Kier molecular flexibility index (Phi) is 7.20. The minimum atomic E-state index is -0.936. The summed E-state index contributed by atoms with van der Waals surface area (Å²) in [5.41, 5.74) is 3.43. The number of carboxylic acid groups (broad SMARTS) is 1. The van der Waals surface area contributed by atoms with Crippen LogP contribution >= 0.6 is 11.6 Å². The van der Waals surface area contributed by atoms with E-state index in [0.29, 0.717) is 46.5 Å². The molecule has 2 saturated heterocycles. The zero-order valence-electron chi connectivity index (χ0n) is 17.7. The number of hydrogen-bond donors (Lipinski definition) is 2. The Balaban J connectivity index is 1.54. The van der Waals surface area contributed by atoms with Crippen molar-refractivity contribution in [1.82, 2.24) is 9.88 Å². The Morgan fingerprint density at radius 1 is 1.31 bits per heavy atom. The maximum Gasteiger partial charge on any atom is 0.407 e. The van der Waals surface area contributed by atoms with Crippen molar-refractivity contribution in [2.45, 2.75) is 25.7 Å². The molecule has 0 saturated carbocycles. The molecule has 4 rings (SSSR count). The Morgan fingerprint density at radius 2 is 2.12 bits per heavy atom. The predicted molar refractivity (Wildman–Crippen MR) is 121 cm³/mol. The number of ether oxygens (including phenoxy) is 1. The zero-order chi connectivity index (χ0) is 22.5. The van der Waals surface area contributed by atoms with Crippen molar-refractivity contribution in [3.05, 3.63) is 58.6 Å². The average Bonchev–Trinajstić information content (AvgIpc) is 2.79. The third-order valence-corrected chi connectivity index (χ3v) is 6.16. The Morgan fingerprint density at radius 3 is 2.91 bits per heavy atom. The molecule has 0 radical (unpaired) electrons. The van der Waals surface area contributed by atoms with Crippen molar-refractivity contribution < 1.29 is 19.0 Å². The van der Waals surface area contributed by atoms with Crippen LogP contribution < -0.4 is 5.32 Å². The summed E-state index contributed by atoms with van der Waals surface area (Å²) in [6, 6.07) is 6.58. The van der Waals surface area contributed by atoms with Crippen molar-refractivity contribution in [3.8, 4) is 11.1 Å². The van der Waals surface area contributed by atoms with E-state index < -0.39 is 6.09 Å². The number of pyridine rings is 1. The Labute approximate surface area is 192 Å². The molecular weight excluding hydrogens is 433 g/mol. The number of aromatic nitrogens is 1. The van der Waals surface area contributed by atoms with Gasteiger partial charge in [-0.15, -0.1) is 0 Å². The number of anilines is 1. The first-order valence-electron chi connectivity index (χ1n) is 10.9. The van der Waals surface area contributed by atoms with E-state index in [9.17, 15) is 14.3 Å². The van der Waals surface area contributed by atoms with Gasteiger partial charge in [-0.05, 0) is 49.8 Å². The molecule has 1 amide bonds. The van der Waals surface area contributed by atoms with E-state index in [1.165, 1.54) is 23.2 Å². The highest BCUT2D eigenvalue weighted by Gasteiger charge is 2.23. The van der Waals surface area contributed by atoms with Crippen molar-refractivity contribution in [2.24, 2.45) is 5.92 Å². The van der Waals surface area contributed by atoms with Gasteiger partial charge in [0.15, 0.2) is 0 Å².